The van der Waals surface area contributed by atoms with Crippen LogP contribution in [0.3, 0.4) is 0 Å². The highest BCUT2D eigenvalue weighted by molar-refractivity contribution is 5.71. The molecule has 0 aromatic heterocycles. The average Bonchev–Trinajstić information content (AvgIpc) is 2.88. The van der Waals surface area contributed by atoms with Crippen molar-refractivity contribution < 1.29 is 49.0 Å². The summed E-state index contributed by atoms with van der Waals surface area (Å²) in [7, 11) is 0. The molecule has 0 bridgehead atoms. The van der Waals surface area contributed by atoms with Gasteiger partial charge in [-0.1, -0.05) is 44.4 Å². The van der Waals surface area contributed by atoms with Crippen LogP contribution in [0.2, 0.25) is 0 Å². The zero-order valence-corrected chi connectivity index (χ0v) is 21.9. The SMILES string of the molecule is CCCCC1CCC(c2cc(F)c(C(F)(F)Oc3ccccc3-c3cc(F)c(OC(F)(F)F)c(F)c3)c(F)c2)CC1. The normalized spacial score (nSPS) is 17.9. The Bertz CT molecular complexity index is 1320. The van der Waals surface area contributed by atoms with Crippen LogP contribution in [0.15, 0.2) is 48.5 Å². The molecule has 3 aromatic carbocycles. The van der Waals surface area contributed by atoms with Gasteiger partial charge in [0.05, 0.1) is 0 Å². The molecule has 1 aliphatic rings. The number of hydrogen-bond donors (Lipinski definition) is 0. The number of ether oxygens (including phenoxy) is 2. The van der Waals surface area contributed by atoms with Gasteiger partial charge in [-0.25, -0.2) is 17.6 Å². The van der Waals surface area contributed by atoms with Gasteiger partial charge in [-0.15, -0.1) is 13.2 Å². The Balaban J connectivity index is 1.58. The summed E-state index contributed by atoms with van der Waals surface area (Å²) in [6.45, 7) is 2.10. The van der Waals surface area contributed by atoms with Crippen molar-refractivity contribution in [3.05, 3.63) is 82.9 Å². The fraction of sp³-hybridized carbons (Fsp3) is 0.400. The molecule has 0 unspecified atom stereocenters. The monoisotopic (exact) mass is 590 g/mol. The van der Waals surface area contributed by atoms with Crippen molar-refractivity contribution in [2.45, 2.75) is 70.3 Å². The van der Waals surface area contributed by atoms with Crippen LogP contribution in [-0.2, 0) is 6.11 Å². The molecule has 0 spiro atoms. The summed E-state index contributed by atoms with van der Waals surface area (Å²) in [5.74, 6) is -8.64. The second-order valence-electron chi connectivity index (χ2n) is 10.2. The number of rotatable bonds is 9. The second-order valence-corrected chi connectivity index (χ2v) is 10.2. The molecule has 0 N–H and O–H groups in total. The van der Waals surface area contributed by atoms with Crippen molar-refractivity contribution in [3.63, 3.8) is 0 Å². The molecule has 1 aliphatic carbocycles. The van der Waals surface area contributed by atoms with Crippen molar-refractivity contribution >= 4 is 0 Å². The highest BCUT2D eigenvalue weighted by Crippen LogP contribution is 2.43. The molecule has 0 amide bonds. The maximum Gasteiger partial charge on any atom is 0.573 e. The maximum absolute atomic E-state index is 15.2. The molecule has 0 radical (unpaired) electrons. The van der Waals surface area contributed by atoms with Gasteiger partial charge >= 0.3 is 12.5 Å². The van der Waals surface area contributed by atoms with Crippen LogP contribution < -0.4 is 9.47 Å². The highest BCUT2D eigenvalue weighted by atomic mass is 19.4. The standard InChI is InChI=1S/C30H27F9O2/c1-2-3-6-17-9-11-18(12-10-17)19-13-22(31)27(23(32)14-19)29(35,36)40-26-8-5-4-7-21(26)20-15-24(33)28(25(34)16-20)41-30(37,38)39/h4-5,7-8,13-18H,2-3,6,9-12H2,1H3. The molecule has 0 atom stereocenters. The van der Waals surface area contributed by atoms with Crippen LogP contribution in [0, 0.1) is 29.2 Å². The van der Waals surface area contributed by atoms with Crippen LogP contribution >= 0.6 is 0 Å². The quantitative estimate of drug-likeness (QED) is 0.231. The van der Waals surface area contributed by atoms with Crippen molar-refractivity contribution in [3.8, 4) is 22.6 Å². The summed E-state index contributed by atoms with van der Waals surface area (Å²) in [4.78, 5) is 0. The Kier molecular flexibility index (Phi) is 9.13. The van der Waals surface area contributed by atoms with Gasteiger partial charge in [-0.3, -0.25) is 0 Å². The lowest BCUT2D eigenvalue weighted by atomic mass is 9.77. The van der Waals surface area contributed by atoms with E-state index in [-0.39, 0.29) is 17.0 Å². The molecule has 222 valence electrons. The van der Waals surface area contributed by atoms with Crippen LogP contribution in [0.25, 0.3) is 11.1 Å². The molecule has 11 heteroatoms. The Hall–Kier alpha value is -3.37. The number of unbranched alkanes of at least 4 members (excludes halogenated alkanes) is 1. The van der Waals surface area contributed by atoms with Gasteiger partial charge < -0.3 is 9.47 Å². The highest BCUT2D eigenvalue weighted by Gasteiger charge is 2.42. The molecule has 3 aromatic rings. The van der Waals surface area contributed by atoms with E-state index in [1.807, 2.05) is 0 Å². The lowest BCUT2D eigenvalue weighted by Gasteiger charge is -2.29. The van der Waals surface area contributed by atoms with E-state index in [0.29, 0.717) is 30.9 Å². The van der Waals surface area contributed by atoms with Gasteiger partial charge in [0.1, 0.15) is 22.9 Å². The number of hydrogen-bond acceptors (Lipinski definition) is 2. The molecule has 1 fully saturated rings. The van der Waals surface area contributed by atoms with Gasteiger partial charge in [0.2, 0.25) is 5.75 Å². The first-order chi connectivity index (χ1) is 19.3. The summed E-state index contributed by atoms with van der Waals surface area (Å²) in [6.07, 6.45) is -3.53. The summed E-state index contributed by atoms with van der Waals surface area (Å²) in [5.41, 5.74) is -2.22. The van der Waals surface area contributed by atoms with E-state index in [0.717, 1.165) is 56.4 Å². The Morgan fingerprint density at radius 3 is 1.90 bits per heavy atom. The molecule has 0 aliphatic heterocycles. The minimum atomic E-state index is -5.38. The third-order valence-corrected chi connectivity index (χ3v) is 7.29. The summed E-state index contributed by atoms with van der Waals surface area (Å²) in [5, 5.41) is 0. The smallest absolute Gasteiger partial charge is 0.428 e. The van der Waals surface area contributed by atoms with Crippen LogP contribution in [0.1, 0.15) is 68.9 Å². The second kappa shape index (κ2) is 12.2. The number of alkyl halides is 5. The lowest BCUT2D eigenvalue weighted by Crippen LogP contribution is -2.26. The van der Waals surface area contributed by atoms with Gasteiger partial charge in [0.15, 0.2) is 11.6 Å². The molecule has 0 heterocycles. The minimum absolute atomic E-state index is 0.171. The van der Waals surface area contributed by atoms with Crippen molar-refractivity contribution in [2.75, 3.05) is 0 Å². The largest absolute Gasteiger partial charge is 0.573 e. The first-order valence-corrected chi connectivity index (χ1v) is 13.2. The van der Waals surface area contributed by atoms with Gasteiger partial charge in [0.25, 0.3) is 0 Å². The fourth-order valence-corrected chi connectivity index (χ4v) is 5.30. The summed E-state index contributed by atoms with van der Waals surface area (Å²) in [6, 6.07) is 7.16. The predicted molar refractivity (Wildman–Crippen MR) is 134 cm³/mol. The molecular weight excluding hydrogens is 563 g/mol. The zero-order valence-electron chi connectivity index (χ0n) is 21.9. The minimum Gasteiger partial charge on any atom is -0.428 e. The predicted octanol–water partition coefficient (Wildman–Crippen LogP) is 10.4. The van der Waals surface area contributed by atoms with Crippen molar-refractivity contribution in [1.82, 2.24) is 0 Å². The molecule has 1 saturated carbocycles. The topological polar surface area (TPSA) is 18.5 Å². The van der Waals surface area contributed by atoms with E-state index >= 15 is 17.6 Å². The average molecular weight is 591 g/mol. The van der Waals surface area contributed by atoms with E-state index < -0.39 is 58.4 Å². The van der Waals surface area contributed by atoms with Gasteiger partial charge in [-0.05, 0) is 79.0 Å². The number of halogens is 9. The third kappa shape index (κ3) is 7.29. The summed E-state index contributed by atoms with van der Waals surface area (Å²) >= 11 is 0. The van der Waals surface area contributed by atoms with Crippen LogP contribution in [-0.4, -0.2) is 6.36 Å². The zero-order chi connectivity index (χ0) is 29.9. The third-order valence-electron chi connectivity index (χ3n) is 7.29. The van der Waals surface area contributed by atoms with Crippen LogP contribution in [0.5, 0.6) is 11.5 Å². The lowest BCUT2D eigenvalue weighted by molar-refractivity contribution is -0.276. The molecule has 41 heavy (non-hydrogen) atoms. The van der Waals surface area contributed by atoms with E-state index in [4.69, 9.17) is 4.74 Å². The Labute approximate surface area is 231 Å². The van der Waals surface area contributed by atoms with Crippen molar-refractivity contribution in [1.29, 1.82) is 0 Å². The molecular formula is C30H27F9O2. The number of para-hydroxylation sites is 1. The summed E-state index contributed by atoms with van der Waals surface area (Å²) < 4.78 is 134. The van der Waals surface area contributed by atoms with Gasteiger partial charge in [0, 0.05) is 5.56 Å². The molecule has 2 nitrogen and oxygen atoms in total. The maximum atomic E-state index is 15.2. The van der Waals surface area contributed by atoms with Crippen molar-refractivity contribution in [2.24, 2.45) is 5.92 Å². The first-order valence-electron chi connectivity index (χ1n) is 13.2. The molecule has 0 saturated heterocycles. The van der Waals surface area contributed by atoms with Gasteiger partial charge in [-0.2, -0.15) is 8.78 Å². The Morgan fingerprint density at radius 2 is 1.34 bits per heavy atom. The van der Waals surface area contributed by atoms with E-state index in [9.17, 15) is 22.0 Å². The fourth-order valence-electron chi connectivity index (χ4n) is 5.30. The van der Waals surface area contributed by atoms with E-state index in [1.165, 1.54) is 12.1 Å². The van der Waals surface area contributed by atoms with E-state index in [1.54, 1.807) is 0 Å². The van der Waals surface area contributed by atoms with E-state index in [2.05, 4.69) is 11.7 Å². The Morgan fingerprint density at radius 1 is 0.756 bits per heavy atom. The first kappa shape index (κ1) is 30.6. The van der Waals surface area contributed by atoms with Crippen LogP contribution in [0.4, 0.5) is 39.5 Å². The molecule has 4 rings (SSSR count). The number of benzene rings is 3.